The van der Waals surface area contributed by atoms with Gasteiger partial charge in [-0.1, -0.05) is 17.7 Å². The van der Waals surface area contributed by atoms with Gasteiger partial charge in [-0.25, -0.2) is 5.01 Å². The highest BCUT2D eigenvalue weighted by atomic mass is 16.2. The third kappa shape index (κ3) is 4.66. The molecule has 1 aliphatic heterocycles. The van der Waals surface area contributed by atoms with E-state index in [1.807, 2.05) is 29.4 Å². The summed E-state index contributed by atoms with van der Waals surface area (Å²) < 4.78 is 0. The lowest BCUT2D eigenvalue weighted by Gasteiger charge is -2.32. The van der Waals surface area contributed by atoms with E-state index in [0.717, 1.165) is 55.9 Å². The van der Waals surface area contributed by atoms with Gasteiger partial charge >= 0.3 is 0 Å². The highest BCUT2D eigenvalue weighted by Gasteiger charge is 2.17. The highest BCUT2D eigenvalue weighted by molar-refractivity contribution is 5.90. The van der Waals surface area contributed by atoms with Crippen LogP contribution in [0.3, 0.4) is 0 Å². The van der Waals surface area contributed by atoms with Crippen LogP contribution in [0.1, 0.15) is 24.0 Å². The average Bonchev–Trinajstić information content (AvgIpc) is 3.08. The molecule has 1 fully saturated rings. The summed E-state index contributed by atoms with van der Waals surface area (Å²) in [5, 5.41) is 3.27. The number of hydrogen-bond donors (Lipinski definition) is 2. The van der Waals surface area contributed by atoms with Crippen LogP contribution in [-0.2, 0) is 11.2 Å². The Morgan fingerprint density at radius 1 is 1.17 bits per heavy atom. The molecule has 0 spiro atoms. The molecule has 0 saturated carbocycles. The molecule has 152 valence electrons. The van der Waals surface area contributed by atoms with Gasteiger partial charge in [0.15, 0.2) is 0 Å². The second-order valence-electron chi connectivity index (χ2n) is 7.92. The first kappa shape index (κ1) is 19.6. The van der Waals surface area contributed by atoms with Gasteiger partial charge < -0.3 is 9.88 Å². The van der Waals surface area contributed by atoms with E-state index in [1.54, 1.807) is 0 Å². The molecule has 4 rings (SSSR count). The molecule has 1 aliphatic rings. The van der Waals surface area contributed by atoms with E-state index in [1.165, 1.54) is 16.5 Å². The minimum absolute atomic E-state index is 0.102. The van der Waals surface area contributed by atoms with Crippen molar-refractivity contribution in [3.8, 4) is 11.4 Å². The Kier molecular flexibility index (Phi) is 5.92. The summed E-state index contributed by atoms with van der Waals surface area (Å²) in [5.41, 5.74) is 8.66. The van der Waals surface area contributed by atoms with Gasteiger partial charge in [0.25, 0.3) is 0 Å². The lowest BCUT2D eigenvalue weighted by Crippen LogP contribution is -2.52. The van der Waals surface area contributed by atoms with E-state index in [2.05, 4.69) is 52.5 Å². The van der Waals surface area contributed by atoms with Crippen molar-refractivity contribution in [2.24, 2.45) is 0 Å². The van der Waals surface area contributed by atoms with Crippen LogP contribution in [0.4, 0.5) is 0 Å². The molecule has 0 unspecified atom stereocenters. The van der Waals surface area contributed by atoms with Crippen molar-refractivity contribution in [1.82, 2.24) is 25.3 Å². The molecule has 0 radical (unpaired) electrons. The van der Waals surface area contributed by atoms with Gasteiger partial charge in [-0.2, -0.15) is 0 Å². The number of benzene rings is 1. The fraction of sp³-hybridized carbons (Fsp3) is 0.391. The number of H-pyrrole nitrogens is 1. The van der Waals surface area contributed by atoms with Crippen molar-refractivity contribution >= 4 is 16.8 Å². The summed E-state index contributed by atoms with van der Waals surface area (Å²) in [7, 11) is 2.11. The number of nitrogens with zero attached hydrogens (tertiary/aromatic N) is 3. The Bertz CT molecular complexity index is 974. The van der Waals surface area contributed by atoms with Crippen LogP contribution in [-0.4, -0.2) is 59.0 Å². The summed E-state index contributed by atoms with van der Waals surface area (Å²) in [6.07, 6.45) is 3.98. The van der Waals surface area contributed by atoms with Crippen molar-refractivity contribution in [1.29, 1.82) is 0 Å². The van der Waals surface area contributed by atoms with Crippen LogP contribution in [0.2, 0.25) is 0 Å². The van der Waals surface area contributed by atoms with Gasteiger partial charge in [0.2, 0.25) is 5.91 Å². The number of piperazine rings is 1. The highest BCUT2D eigenvalue weighted by Crippen LogP contribution is 2.31. The van der Waals surface area contributed by atoms with Crippen LogP contribution < -0.4 is 5.43 Å². The zero-order valence-electron chi connectivity index (χ0n) is 17.2. The molecule has 1 aromatic carbocycles. The standard InChI is InChI=1S/C23H29N5O/c1-17-9-10-20-19(16-17)18(23(25-20)21-7-3-4-11-24-21)6-5-8-22(29)26-28-14-12-27(2)13-15-28/h3-4,7,9-11,16,25H,5-6,8,12-15H2,1-2H3,(H,26,29). The summed E-state index contributed by atoms with van der Waals surface area (Å²) in [6.45, 7) is 5.85. The predicted molar refractivity (Wildman–Crippen MR) is 116 cm³/mol. The number of carbonyl (C=O) groups is 1. The van der Waals surface area contributed by atoms with E-state index in [9.17, 15) is 4.79 Å². The number of rotatable bonds is 6. The molecule has 1 saturated heterocycles. The third-order valence-electron chi connectivity index (χ3n) is 5.60. The van der Waals surface area contributed by atoms with E-state index >= 15 is 0 Å². The molecule has 2 N–H and O–H groups in total. The number of carbonyl (C=O) groups excluding carboxylic acids is 1. The Hall–Kier alpha value is -2.70. The molecule has 6 heteroatoms. The SMILES string of the molecule is Cc1ccc2[nH]c(-c3ccccn3)c(CCCC(=O)NN3CCN(C)CC3)c2c1. The zero-order valence-corrected chi connectivity index (χ0v) is 17.2. The Labute approximate surface area is 171 Å². The quantitative estimate of drug-likeness (QED) is 0.678. The number of likely N-dealkylation sites (N-methyl/N-ethyl adjacent to an activating group) is 1. The summed E-state index contributed by atoms with van der Waals surface area (Å²) in [4.78, 5) is 22.8. The average molecular weight is 392 g/mol. The van der Waals surface area contributed by atoms with Crippen LogP contribution >= 0.6 is 0 Å². The number of aromatic amines is 1. The Morgan fingerprint density at radius 2 is 2.00 bits per heavy atom. The normalized spacial score (nSPS) is 15.7. The van der Waals surface area contributed by atoms with Crippen molar-refractivity contribution in [2.45, 2.75) is 26.2 Å². The van der Waals surface area contributed by atoms with E-state index in [0.29, 0.717) is 6.42 Å². The fourth-order valence-electron chi connectivity index (χ4n) is 3.93. The number of hydrazine groups is 1. The van der Waals surface area contributed by atoms with Crippen molar-refractivity contribution < 1.29 is 4.79 Å². The molecular weight excluding hydrogens is 362 g/mol. The molecule has 6 nitrogen and oxygen atoms in total. The maximum atomic E-state index is 12.4. The molecule has 2 aromatic heterocycles. The Balaban J connectivity index is 1.45. The lowest BCUT2D eigenvalue weighted by molar-refractivity contribution is -0.126. The smallest absolute Gasteiger partial charge is 0.234 e. The number of aryl methyl sites for hydroxylation is 2. The number of nitrogens with one attached hydrogen (secondary N) is 2. The number of aromatic nitrogens is 2. The Morgan fingerprint density at radius 3 is 2.76 bits per heavy atom. The topological polar surface area (TPSA) is 64.3 Å². The second-order valence-corrected chi connectivity index (χ2v) is 7.92. The molecule has 0 atom stereocenters. The molecule has 29 heavy (non-hydrogen) atoms. The second kappa shape index (κ2) is 8.76. The monoisotopic (exact) mass is 391 g/mol. The maximum absolute atomic E-state index is 12.4. The van der Waals surface area contributed by atoms with Gasteiger partial charge in [0.1, 0.15) is 0 Å². The fourth-order valence-corrected chi connectivity index (χ4v) is 3.93. The van der Waals surface area contributed by atoms with E-state index < -0.39 is 0 Å². The molecule has 3 aromatic rings. The largest absolute Gasteiger partial charge is 0.353 e. The van der Waals surface area contributed by atoms with Crippen molar-refractivity contribution in [3.63, 3.8) is 0 Å². The van der Waals surface area contributed by atoms with Crippen LogP contribution in [0, 0.1) is 6.92 Å². The minimum atomic E-state index is 0.102. The minimum Gasteiger partial charge on any atom is -0.353 e. The van der Waals surface area contributed by atoms with E-state index in [4.69, 9.17) is 0 Å². The van der Waals surface area contributed by atoms with E-state index in [-0.39, 0.29) is 5.91 Å². The molecule has 3 heterocycles. The summed E-state index contributed by atoms with van der Waals surface area (Å²) in [5.74, 6) is 0.102. The number of pyridine rings is 1. The molecular formula is C23H29N5O. The van der Waals surface area contributed by atoms with Gasteiger partial charge in [-0.15, -0.1) is 0 Å². The number of hydrogen-bond acceptors (Lipinski definition) is 4. The lowest BCUT2D eigenvalue weighted by atomic mass is 10.0. The van der Waals surface area contributed by atoms with Gasteiger partial charge in [0.05, 0.1) is 11.4 Å². The number of amides is 1. The van der Waals surface area contributed by atoms with Gasteiger partial charge in [-0.3, -0.25) is 15.2 Å². The summed E-state index contributed by atoms with van der Waals surface area (Å²) in [6, 6.07) is 12.4. The van der Waals surface area contributed by atoms with Crippen molar-refractivity contribution in [2.75, 3.05) is 33.2 Å². The van der Waals surface area contributed by atoms with Gasteiger partial charge in [0, 0.05) is 49.7 Å². The first-order valence-corrected chi connectivity index (χ1v) is 10.4. The molecule has 0 bridgehead atoms. The maximum Gasteiger partial charge on any atom is 0.234 e. The van der Waals surface area contributed by atoms with Crippen molar-refractivity contribution in [3.05, 3.63) is 53.7 Å². The van der Waals surface area contributed by atoms with Crippen LogP contribution in [0.15, 0.2) is 42.6 Å². The molecule has 0 aliphatic carbocycles. The number of fused-ring (bicyclic) bond motifs is 1. The van der Waals surface area contributed by atoms with Crippen LogP contribution in [0.25, 0.3) is 22.3 Å². The van der Waals surface area contributed by atoms with Gasteiger partial charge in [-0.05, 0) is 56.6 Å². The molecule has 1 amide bonds. The first-order chi connectivity index (χ1) is 14.1. The predicted octanol–water partition coefficient (Wildman–Crippen LogP) is 3.14. The third-order valence-corrected chi connectivity index (χ3v) is 5.60. The summed E-state index contributed by atoms with van der Waals surface area (Å²) >= 11 is 0. The zero-order chi connectivity index (χ0) is 20.2. The first-order valence-electron chi connectivity index (χ1n) is 10.4. The van der Waals surface area contributed by atoms with Crippen LogP contribution in [0.5, 0.6) is 0 Å².